The Balaban J connectivity index is 3.30. The summed E-state index contributed by atoms with van der Waals surface area (Å²) in [5, 5.41) is 5.73. The fraction of sp³-hybridized carbons (Fsp3) is 0.889. The van der Waals surface area contributed by atoms with E-state index in [2.05, 4.69) is 24.5 Å². The van der Waals surface area contributed by atoms with Gasteiger partial charge >= 0.3 is 0 Å². The smallest absolute Gasteiger partial charge is 0.233 e. The minimum absolute atomic E-state index is 0.0540. The quantitative estimate of drug-likeness (QED) is 0.625. The van der Waals surface area contributed by atoms with E-state index in [1.54, 1.807) is 7.05 Å². The van der Waals surface area contributed by atoms with Gasteiger partial charge in [0.25, 0.3) is 0 Å². The van der Waals surface area contributed by atoms with Crippen LogP contribution in [0.15, 0.2) is 0 Å². The number of amides is 1. The fourth-order valence-corrected chi connectivity index (χ4v) is 0.968. The maximum Gasteiger partial charge on any atom is 0.233 e. The zero-order chi connectivity index (χ0) is 9.40. The fourth-order valence-electron chi connectivity index (χ4n) is 0.968. The summed E-state index contributed by atoms with van der Waals surface area (Å²) in [5.41, 5.74) is 0. The van der Waals surface area contributed by atoms with E-state index >= 15 is 0 Å². The van der Waals surface area contributed by atoms with E-state index in [0.29, 0.717) is 12.6 Å². The molecule has 0 aromatic carbocycles. The minimum Gasteiger partial charge on any atom is -0.358 e. The molecule has 72 valence electrons. The molecule has 0 aromatic rings. The normalized spacial score (nSPS) is 12.6. The molecular formula is C9H20N2O. The van der Waals surface area contributed by atoms with Crippen LogP contribution in [0, 0.1) is 0 Å². The number of unbranched alkanes of at least 4 members (excludes halogenated alkanes) is 1. The lowest BCUT2D eigenvalue weighted by atomic mass is 10.1. The van der Waals surface area contributed by atoms with E-state index in [4.69, 9.17) is 0 Å². The summed E-state index contributed by atoms with van der Waals surface area (Å²) in [5.74, 6) is 0.0540. The predicted molar refractivity (Wildman–Crippen MR) is 51.1 cm³/mol. The minimum atomic E-state index is 0.0540. The summed E-state index contributed by atoms with van der Waals surface area (Å²) in [4.78, 5) is 10.8. The van der Waals surface area contributed by atoms with Gasteiger partial charge in [-0.2, -0.15) is 0 Å². The second-order valence-electron chi connectivity index (χ2n) is 3.10. The van der Waals surface area contributed by atoms with Crippen molar-refractivity contribution >= 4 is 5.91 Å². The third-order valence-electron chi connectivity index (χ3n) is 1.88. The van der Waals surface area contributed by atoms with Crippen molar-refractivity contribution in [2.75, 3.05) is 13.6 Å². The average molecular weight is 172 g/mol. The third-order valence-corrected chi connectivity index (χ3v) is 1.88. The van der Waals surface area contributed by atoms with Crippen LogP contribution >= 0.6 is 0 Å². The van der Waals surface area contributed by atoms with Gasteiger partial charge in [-0.3, -0.25) is 4.79 Å². The molecule has 0 heterocycles. The highest BCUT2D eigenvalue weighted by molar-refractivity contribution is 5.77. The average Bonchev–Trinajstić information content (AvgIpc) is 2.10. The van der Waals surface area contributed by atoms with Gasteiger partial charge in [0.1, 0.15) is 0 Å². The van der Waals surface area contributed by atoms with Crippen molar-refractivity contribution in [3.05, 3.63) is 0 Å². The van der Waals surface area contributed by atoms with Gasteiger partial charge in [0.2, 0.25) is 5.91 Å². The van der Waals surface area contributed by atoms with Crippen molar-refractivity contribution in [2.24, 2.45) is 0 Å². The highest BCUT2D eigenvalue weighted by atomic mass is 16.1. The van der Waals surface area contributed by atoms with E-state index in [9.17, 15) is 4.79 Å². The van der Waals surface area contributed by atoms with Crippen LogP contribution in [-0.2, 0) is 4.79 Å². The van der Waals surface area contributed by atoms with Crippen molar-refractivity contribution in [2.45, 2.75) is 39.2 Å². The van der Waals surface area contributed by atoms with E-state index in [-0.39, 0.29) is 5.91 Å². The van der Waals surface area contributed by atoms with Gasteiger partial charge in [-0.25, -0.2) is 0 Å². The molecule has 0 aromatic heterocycles. The molecule has 1 amide bonds. The maximum atomic E-state index is 10.8. The second-order valence-corrected chi connectivity index (χ2v) is 3.10. The molecule has 3 heteroatoms. The Morgan fingerprint density at radius 1 is 1.50 bits per heavy atom. The Labute approximate surface area is 74.9 Å². The molecule has 0 radical (unpaired) electrons. The van der Waals surface area contributed by atoms with Gasteiger partial charge in [-0.15, -0.1) is 0 Å². The molecule has 0 fully saturated rings. The van der Waals surface area contributed by atoms with Crippen LogP contribution in [0.25, 0.3) is 0 Å². The van der Waals surface area contributed by atoms with Crippen molar-refractivity contribution in [3.8, 4) is 0 Å². The summed E-state index contributed by atoms with van der Waals surface area (Å²) in [6.45, 7) is 4.71. The maximum absolute atomic E-state index is 10.8. The summed E-state index contributed by atoms with van der Waals surface area (Å²) < 4.78 is 0. The predicted octanol–water partition coefficient (Wildman–Crippen LogP) is 0.901. The van der Waals surface area contributed by atoms with Crippen molar-refractivity contribution in [1.29, 1.82) is 0 Å². The molecule has 12 heavy (non-hydrogen) atoms. The molecule has 0 aliphatic rings. The summed E-state index contributed by atoms with van der Waals surface area (Å²) in [7, 11) is 1.65. The summed E-state index contributed by atoms with van der Waals surface area (Å²) in [6.07, 6.45) is 3.58. The third kappa shape index (κ3) is 6.16. The van der Waals surface area contributed by atoms with E-state index in [1.165, 1.54) is 12.8 Å². The first kappa shape index (κ1) is 11.4. The zero-order valence-electron chi connectivity index (χ0n) is 8.31. The molecule has 0 aliphatic carbocycles. The van der Waals surface area contributed by atoms with E-state index in [0.717, 1.165) is 6.42 Å². The SMILES string of the molecule is CCCCC(C)NCC(=O)NC. The van der Waals surface area contributed by atoms with E-state index < -0.39 is 0 Å². The van der Waals surface area contributed by atoms with Crippen LogP contribution in [0.5, 0.6) is 0 Å². The van der Waals surface area contributed by atoms with E-state index in [1.807, 2.05) is 0 Å². The number of hydrogen-bond acceptors (Lipinski definition) is 2. The van der Waals surface area contributed by atoms with Crippen LogP contribution in [0.4, 0.5) is 0 Å². The number of rotatable bonds is 6. The number of carbonyl (C=O) groups excluding carboxylic acids is 1. The number of likely N-dealkylation sites (N-methyl/N-ethyl adjacent to an activating group) is 1. The van der Waals surface area contributed by atoms with Crippen LogP contribution in [0.3, 0.4) is 0 Å². The van der Waals surface area contributed by atoms with Gasteiger partial charge in [0.05, 0.1) is 6.54 Å². The molecule has 0 spiro atoms. The molecule has 0 aliphatic heterocycles. The van der Waals surface area contributed by atoms with Crippen LogP contribution in [0.2, 0.25) is 0 Å². The van der Waals surface area contributed by atoms with Gasteiger partial charge in [0, 0.05) is 13.1 Å². The standard InChI is InChI=1S/C9H20N2O/c1-4-5-6-8(2)11-7-9(12)10-3/h8,11H,4-7H2,1-3H3,(H,10,12). The lowest BCUT2D eigenvalue weighted by Crippen LogP contribution is -2.36. The van der Waals surface area contributed by atoms with Gasteiger partial charge < -0.3 is 10.6 Å². The monoisotopic (exact) mass is 172 g/mol. The molecule has 1 atom stereocenters. The van der Waals surface area contributed by atoms with Crippen molar-refractivity contribution < 1.29 is 4.79 Å². The van der Waals surface area contributed by atoms with Crippen molar-refractivity contribution in [1.82, 2.24) is 10.6 Å². The lowest BCUT2D eigenvalue weighted by Gasteiger charge is -2.11. The molecule has 1 unspecified atom stereocenters. The zero-order valence-corrected chi connectivity index (χ0v) is 8.31. The molecule has 0 rings (SSSR count). The van der Waals surface area contributed by atoms with Gasteiger partial charge in [-0.05, 0) is 13.3 Å². The Bertz CT molecular complexity index is 126. The highest BCUT2D eigenvalue weighted by Crippen LogP contribution is 1.98. The molecule has 0 saturated heterocycles. The first-order valence-corrected chi connectivity index (χ1v) is 4.64. The first-order valence-electron chi connectivity index (χ1n) is 4.64. The summed E-state index contributed by atoms with van der Waals surface area (Å²) in [6, 6.07) is 0.447. The molecule has 2 N–H and O–H groups in total. The Morgan fingerprint density at radius 2 is 2.17 bits per heavy atom. The van der Waals surface area contributed by atoms with Gasteiger partial charge in [0.15, 0.2) is 0 Å². The Hall–Kier alpha value is -0.570. The van der Waals surface area contributed by atoms with Gasteiger partial charge in [-0.1, -0.05) is 19.8 Å². The molecule has 0 bridgehead atoms. The molecule has 0 saturated carbocycles. The van der Waals surface area contributed by atoms with Crippen LogP contribution in [-0.4, -0.2) is 25.5 Å². The topological polar surface area (TPSA) is 41.1 Å². The largest absolute Gasteiger partial charge is 0.358 e. The van der Waals surface area contributed by atoms with Crippen molar-refractivity contribution in [3.63, 3.8) is 0 Å². The molecule has 3 nitrogen and oxygen atoms in total. The molecular weight excluding hydrogens is 152 g/mol. The van der Waals surface area contributed by atoms with Crippen LogP contribution in [0.1, 0.15) is 33.1 Å². The summed E-state index contributed by atoms with van der Waals surface area (Å²) >= 11 is 0. The second kappa shape index (κ2) is 7.10. The highest BCUT2D eigenvalue weighted by Gasteiger charge is 2.02. The number of nitrogens with one attached hydrogen (secondary N) is 2. The first-order chi connectivity index (χ1) is 5.70. The number of carbonyl (C=O) groups is 1. The lowest BCUT2D eigenvalue weighted by molar-refractivity contribution is -0.119. The van der Waals surface area contributed by atoms with Crippen LogP contribution < -0.4 is 10.6 Å². The Morgan fingerprint density at radius 3 is 2.67 bits per heavy atom. The Kier molecular flexibility index (Phi) is 6.76. The number of hydrogen-bond donors (Lipinski definition) is 2.